The second-order valence-electron chi connectivity index (χ2n) is 6.12. The normalized spacial score (nSPS) is 16.0. The molecule has 7 heteroatoms. The molecule has 0 amide bonds. The summed E-state index contributed by atoms with van der Waals surface area (Å²) in [5, 5.41) is 5.10. The monoisotopic (exact) mass is 342 g/mol. The fourth-order valence-corrected chi connectivity index (χ4v) is 3.38. The van der Waals surface area contributed by atoms with Crippen LogP contribution in [-0.2, 0) is 6.54 Å². The van der Waals surface area contributed by atoms with Gasteiger partial charge in [0.1, 0.15) is 12.1 Å². The number of piperazine rings is 1. The smallest absolute Gasteiger partial charge is 0.254 e. The summed E-state index contributed by atoms with van der Waals surface area (Å²) in [5.41, 5.74) is 2.22. The van der Waals surface area contributed by atoms with Gasteiger partial charge < -0.3 is 4.90 Å². The third-order valence-corrected chi connectivity index (χ3v) is 4.59. The van der Waals surface area contributed by atoms with Crippen molar-refractivity contribution in [1.82, 2.24) is 24.5 Å². The van der Waals surface area contributed by atoms with Crippen LogP contribution in [0.4, 0.5) is 5.82 Å². The summed E-state index contributed by atoms with van der Waals surface area (Å²) < 4.78 is 1.82. The second-order valence-corrected chi connectivity index (χ2v) is 6.56. The van der Waals surface area contributed by atoms with E-state index in [0.29, 0.717) is 5.78 Å². The van der Waals surface area contributed by atoms with Gasteiger partial charge in [0, 0.05) is 49.5 Å². The molecular formula is C17H19ClN6. The fraction of sp³-hybridized carbons (Fsp3) is 0.353. The van der Waals surface area contributed by atoms with Crippen molar-refractivity contribution in [1.29, 1.82) is 0 Å². The molecule has 24 heavy (non-hydrogen) atoms. The molecular weight excluding hydrogens is 324 g/mol. The van der Waals surface area contributed by atoms with E-state index >= 15 is 0 Å². The Balaban J connectivity index is 1.46. The first-order valence-corrected chi connectivity index (χ1v) is 8.46. The number of hydrogen-bond acceptors (Lipinski definition) is 5. The minimum absolute atomic E-state index is 0.659. The SMILES string of the molecule is Cc1cc(N2CCN(Cc3cccc(Cl)c3)CC2)n2ncnc2n1. The van der Waals surface area contributed by atoms with Gasteiger partial charge in [-0.15, -0.1) is 0 Å². The second kappa shape index (κ2) is 6.37. The molecule has 1 aliphatic rings. The van der Waals surface area contributed by atoms with Crippen molar-refractivity contribution in [2.45, 2.75) is 13.5 Å². The zero-order valence-electron chi connectivity index (χ0n) is 13.6. The Morgan fingerprint density at radius 1 is 1.12 bits per heavy atom. The number of benzene rings is 1. The van der Waals surface area contributed by atoms with Crippen molar-refractivity contribution >= 4 is 23.2 Å². The van der Waals surface area contributed by atoms with Crippen LogP contribution in [0.1, 0.15) is 11.3 Å². The quantitative estimate of drug-likeness (QED) is 0.731. The lowest BCUT2D eigenvalue weighted by Gasteiger charge is -2.36. The highest BCUT2D eigenvalue weighted by Crippen LogP contribution is 2.19. The molecule has 1 aliphatic heterocycles. The molecule has 2 aromatic heterocycles. The number of hydrogen-bond donors (Lipinski definition) is 0. The van der Waals surface area contributed by atoms with Gasteiger partial charge in [-0.1, -0.05) is 23.7 Å². The molecule has 0 spiro atoms. The van der Waals surface area contributed by atoms with Crippen LogP contribution in [0.3, 0.4) is 0 Å². The van der Waals surface area contributed by atoms with E-state index < -0.39 is 0 Å². The summed E-state index contributed by atoms with van der Waals surface area (Å²) in [6.45, 7) is 6.85. The van der Waals surface area contributed by atoms with Gasteiger partial charge in [-0.3, -0.25) is 4.90 Å². The van der Waals surface area contributed by atoms with Gasteiger partial charge in [-0.2, -0.15) is 14.6 Å². The number of rotatable bonds is 3. The maximum absolute atomic E-state index is 6.08. The minimum Gasteiger partial charge on any atom is -0.354 e. The molecule has 124 valence electrons. The van der Waals surface area contributed by atoms with Gasteiger partial charge in [0.25, 0.3) is 5.78 Å². The van der Waals surface area contributed by atoms with Crippen LogP contribution in [-0.4, -0.2) is 50.7 Å². The highest BCUT2D eigenvalue weighted by atomic mass is 35.5. The van der Waals surface area contributed by atoms with Crippen molar-refractivity contribution in [3.63, 3.8) is 0 Å². The lowest BCUT2D eigenvalue weighted by atomic mass is 10.2. The summed E-state index contributed by atoms with van der Waals surface area (Å²) in [5.74, 6) is 1.73. The highest BCUT2D eigenvalue weighted by molar-refractivity contribution is 6.30. The number of halogens is 1. The summed E-state index contributed by atoms with van der Waals surface area (Å²) >= 11 is 6.08. The summed E-state index contributed by atoms with van der Waals surface area (Å²) in [7, 11) is 0. The molecule has 0 unspecified atom stereocenters. The molecule has 1 saturated heterocycles. The van der Waals surface area contributed by atoms with Gasteiger partial charge in [-0.25, -0.2) is 4.98 Å². The first-order chi connectivity index (χ1) is 11.7. The molecule has 0 N–H and O–H groups in total. The van der Waals surface area contributed by atoms with E-state index in [0.717, 1.165) is 49.3 Å². The molecule has 6 nitrogen and oxygen atoms in total. The first-order valence-electron chi connectivity index (χ1n) is 8.08. The number of nitrogens with zero attached hydrogens (tertiary/aromatic N) is 6. The highest BCUT2D eigenvalue weighted by Gasteiger charge is 2.20. The Bertz CT molecular complexity index is 853. The van der Waals surface area contributed by atoms with Gasteiger partial charge in [-0.05, 0) is 24.6 Å². The Hall–Kier alpha value is -2.18. The number of aryl methyl sites for hydroxylation is 1. The third-order valence-electron chi connectivity index (χ3n) is 4.35. The maximum Gasteiger partial charge on any atom is 0.254 e. The van der Waals surface area contributed by atoms with Crippen molar-refractivity contribution in [2.24, 2.45) is 0 Å². The fourth-order valence-electron chi connectivity index (χ4n) is 3.17. The Kier molecular flexibility index (Phi) is 4.08. The number of aromatic nitrogens is 4. The molecule has 0 bridgehead atoms. The molecule has 0 radical (unpaired) electrons. The van der Waals surface area contributed by atoms with Gasteiger partial charge in [0.2, 0.25) is 0 Å². The van der Waals surface area contributed by atoms with Crippen LogP contribution in [0.25, 0.3) is 5.78 Å². The predicted molar refractivity (Wildman–Crippen MR) is 94.5 cm³/mol. The standard InChI is InChI=1S/C17H19ClN6/c1-13-9-16(24-17(21-13)19-12-20-24)23-7-5-22(6-8-23)11-14-3-2-4-15(18)10-14/h2-4,9-10,12H,5-8,11H2,1H3. The van der Waals surface area contributed by atoms with Gasteiger partial charge >= 0.3 is 0 Å². The number of anilines is 1. The van der Waals surface area contributed by atoms with E-state index in [-0.39, 0.29) is 0 Å². The maximum atomic E-state index is 6.08. The molecule has 1 aromatic carbocycles. The Labute approximate surface area is 145 Å². The van der Waals surface area contributed by atoms with E-state index in [1.807, 2.05) is 29.6 Å². The third kappa shape index (κ3) is 3.07. The van der Waals surface area contributed by atoms with Crippen molar-refractivity contribution in [3.8, 4) is 0 Å². The zero-order chi connectivity index (χ0) is 16.5. The van der Waals surface area contributed by atoms with Crippen molar-refractivity contribution in [3.05, 3.63) is 52.9 Å². The van der Waals surface area contributed by atoms with E-state index in [1.54, 1.807) is 6.33 Å². The van der Waals surface area contributed by atoms with E-state index in [9.17, 15) is 0 Å². The molecule has 1 fully saturated rings. The van der Waals surface area contributed by atoms with Crippen LogP contribution >= 0.6 is 11.6 Å². The van der Waals surface area contributed by atoms with E-state index in [2.05, 4.69) is 37.0 Å². The minimum atomic E-state index is 0.659. The lowest BCUT2D eigenvalue weighted by molar-refractivity contribution is 0.249. The first kappa shape index (κ1) is 15.4. The molecule has 4 rings (SSSR count). The summed E-state index contributed by atoms with van der Waals surface area (Å²) in [6, 6.07) is 10.2. The summed E-state index contributed by atoms with van der Waals surface area (Å²) in [4.78, 5) is 13.4. The Morgan fingerprint density at radius 3 is 2.75 bits per heavy atom. The van der Waals surface area contributed by atoms with Crippen LogP contribution < -0.4 is 4.90 Å². The molecule has 3 heterocycles. The average Bonchev–Trinajstić information content (AvgIpc) is 3.03. The van der Waals surface area contributed by atoms with Crippen LogP contribution in [0, 0.1) is 6.92 Å². The zero-order valence-corrected chi connectivity index (χ0v) is 14.3. The van der Waals surface area contributed by atoms with E-state index in [1.165, 1.54) is 5.56 Å². The van der Waals surface area contributed by atoms with Crippen LogP contribution in [0.15, 0.2) is 36.7 Å². The largest absolute Gasteiger partial charge is 0.354 e. The van der Waals surface area contributed by atoms with E-state index in [4.69, 9.17) is 11.6 Å². The Morgan fingerprint density at radius 2 is 1.96 bits per heavy atom. The average molecular weight is 343 g/mol. The van der Waals surface area contributed by atoms with Crippen LogP contribution in [0.2, 0.25) is 5.02 Å². The molecule has 0 atom stereocenters. The molecule has 0 aliphatic carbocycles. The predicted octanol–water partition coefficient (Wildman–Crippen LogP) is 2.41. The van der Waals surface area contributed by atoms with Gasteiger partial charge in [0.05, 0.1) is 0 Å². The molecule has 3 aromatic rings. The molecule has 0 saturated carbocycles. The topological polar surface area (TPSA) is 49.6 Å². The van der Waals surface area contributed by atoms with Crippen molar-refractivity contribution in [2.75, 3.05) is 31.1 Å². The lowest BCUT2D eigenvalue weighted by Crippen LogP contribution is -2.46. The summed E-state index contributed by atoms with van der Waals surface area (Å²) in [6.07, 6.45) is 1.56. The number of fused-ring (bicyclic) bond motifs is 1. The van der Waals surface area contributed by atoms with Crippen LogP contribution in [0.5, 0.6) is 0 Å². The van der Waals surface area contributed by atoms with Crippen molar-refractivity contribution < 1.29 is 0 Å². The van der Waals surface area contributed by atoms with Gasteiger partial charge in [0.15, 0.2) is 0 Å².